The number of hydrogen-bond acceptors (Lipinski definition) is 3. The van der Waals surface area contributed by atoms with E-state index >= 15 is 0 Å². The Morgan fingerprint density at radius 1 is 1.38 bits per heavy atom. The maximum Gasteiger partial charge on any atom is 0.0968 e. The Bertz CT molecular complexity index is 270. The van der Waals surface area contributed by atoms with E-state index in [1.165, 1.54) is 9.88 Å². The molecule has 0 amide bonds. The molecule has 0 saturated heterocycles. The van der Waals surface area contributed by atoms with E-state index in [9.17, 15) is 0 Å². The van der Waals surface area contributed by atoms with Gasteiger partial charge < -0.3 is 5.73 Å². The molecule has 1 rings (SSSR count). The molecular weight excluding hydrogens is 180 g/mol. The molecule has 0 aliphatic carbocycles. The van der Waals surface area contributed by atoms with Crippen LogP contribution >= 0.6 is 11.3 Å². The molecule has 3 heteroatoms. The van der Waals surface area contributed by atoms with Crippen molar-refractivity contribution in [2.75, 3.05) is 6.54 Å². The minimum atomic E-state index is 0.729. The summed E-state index contributed by atoms with van der Waals surface area (Å²) in [7, 11) is 0. The van der Waals surface area contributed by atoms with Crippen molar-refractivity contribution >= 4 is 11.3 Å². The third kappa shape index (κ3) is 3.28. The van der Waals surface area contributed by atoms with Gasteiger partial charge >= 0.3 is 0 Å². The average Bonchev–Trinajstić information content (AvgIpc) is 2.41. The summed E-state index contributed by atoms with van der Waals surface area (Å²) in [6.45, 7) is 4.89. The highest BCUT2D eigenvalue weighted by Gasteiger charge is 2.00. The summed E-state index contributed by atoms with van der Waals surface area (Å²) in [6, 6.07) is 0. The molecule has 0 aliphatic heterocycles. The van der Waals surface area contributed by atoms with E-state index in [-0.39, 0.29) is 0 Å². The lowest BCUT2D eigenvalue weighted by molar-refractivity contribution is 0.999. The lowest BCUT2D eigenvalue weighted by Gasteiger charge is -1.86. The van der Waals surface area contributed by atoms with Crippen molar-refractivity contribution in [1.29, 1.82) is 0 Å². The molecule has 1 aromatic rings. The van der Waals surface area contributed by atoms with Gasteiger partial charge in [-0.3, -0.25) is 0 Å². The number of allylic oxidation sites excluding steroid dienone is 1. The Labute approximate surface area is 83.5 Å². The van der Waals surface area contributed by atoms with Crippen molar-refractivity contribution in [3.05, 3.63) is 27.7 Å². The first-order chi connectivity index (χ1) is 6.24. The molecule has 0 radical (unpaired) electrons. The second kappa shape index (κ2) is 5.14. The monoisotopic (exact) mass is 196 g/mol. The lowest BCUT2D eigenvalue weighted by atomic mass is 10.3. The molecule has 0 fully saturated rings. The highest BCUT2D eigenvalue weighted by atomic mass is 32.1. The number of nitrogens with zero attached hydrogens (tertiary/aromatic N) is 1. The molecule has 0 unspecified atom stereocenters. The molecule has 0 aliphatic rings. The third-order valence-electron chi connectivity index (χ3n) is 1.87. The first-order valence-corrected chi connectivity index (χ1v) is 5.33. The summed E-state index contributed by atoms with van der Waals surface area (Å²) in [4.78, 5) is 5.77. The van der Waals surface area contributed by atoms with Crippen LogP contribution in [0.5, 0.6) is 0 Å². The van der Waals surface area contributed by atoms with E-state index in [4.69, 9.17) is 5.73 Å². The molecule has 1 aromatic heterocycles. The summed E-state index contributed by atoms with van der Waals surface area (Å²) in [5.74, 6) is 0. The van der Waals surface area contributed by atoms with Crippen molar-refractivity contribution in [3.8, 4) is 0 Å². The van der Waals surface area contributed by atoms with Crippen LogP contribution in [0.1, 0.15) is 22.0 Å². The summed E-state index contributed by atoms with van der Waals surface area (Å²) in [6.07, 6.45) is 6.17. The van der Waals surface area contributed by atoms with Gasteiger partial charge in [-0.1, -0.05) is 12.2 Å². The van der Waals surface area contributed by atoms with Gasteiger partial charge in [0.2, 0.25) is 0 Å². The number of aryl methyl sites for hydroxylation is 2. The van der Waals surface area contributed by atoms with Crippen LogP contribution in [-0.4, -0.2) is 11.5 Å². The van der Waals surface area contributed by atoms with E-state index in [0.717, 1.165) is 25.1 Å². The second-order valence-corrected chi connectivity index (χ2v) is 4.29. The minimum absolute atomic E-state index is 0.729. The standard InChI is InChI=1S/C10H16N2S/c1-8-9(2)13-10(12-8)6-4-3-5-7-11/h3-4H,5-7,11H2,1-2H3. The zero-order valence-electron chi connectivity index (χ0n) is 8.21. The van der Waals surface area contributed by atoms with Crippen LogP contribution in [0.4, 0.5) is 0 Å². The van der Waals surface area contributed by atoms with Gasteiger partial charge in [0.25, 0.3) is 0 Å². The molecule has 72 valence electrons. The zero-order valence-corrected chi connectivity index (χ0v) is 9.03. The van der Waals surface area contributed by atoms with E-state index in [1.54, 1.807) is 11.3 Å². The van der Waals surface area contributed by atoms with Gasteiger partial charge in [0, 0.05) is 11.3 Å². The summed E-state index contributed by atoms with van der Waals surface area (Å²) < 4.78 is 0. The Balaban J connectivity index is 2.45. The predicted octanol–water partition coefficient (Wildman–Crippen LogP) is 2.21. The Hall–Kier alpha value is -0.670. The van der Waals surface area contributed by atoms with Gasteiger partial charge in [-0.2, -0.15) is 0 Å². The normalized spacial score (nSPS) is 11.3. The van der Waals surface area contributed by atoms with Gasteiger partial charge in [0.1, 0.15) is 0 Å². The minimum Gasteiger partial charge on any atom is -0.330 e. The fourth-order valence-corrected chi connectivity index (χ4v) is 1.93. The van der Waals surface area contributed by atoms with Crippen LogP contribution in [0.2, 0.25) is 0 Å². The fraction of sp³-hybridized carbons (Fsp3) is 0.500. The van der Waals surface area contributed by atoms with Crippen molar-refractivity contribution in [3.63, 3.8) is 0 Å². The summed E-state index contributed by atoms with van der Waals surface area (Å²) >= 11 is 1.78. The second-order valence-electron chi connectivity index (χ2n) is 3.00. The molecule has 1 heterocycles. The topological polar surface area (TPSA) is 38.9 Å². The first-order valence-electron chi connectivity index (χ1n) is 4.52. The van der Waals surface area contributed by atoms with Crippen molar-refractivity contribution in [2.24, 2.45) is 5.73 Å². The Morgan fingerprint density at radius 3 is 2.69 bits per heavy atom. The zero-order chi connectivity index (χ0) is 9.68. The smallest absolute Gasteiger partial charge is 0.0968 e. The molecule has 0 atom stereocenters. The number of hydrogen-bond donors (Lipinski definition) is 1. The highest BCUT2D eigenvalue weighted by Crippen LogP contribution is 2.16. The molecular formula is C10H16N2S. The largest absolute Gasteiger partial charge is 0.330 e. The number of nitrogens with two attached hydrogens (primary N) is 1. The van der Waals surface area contributed by atoms with Crippen molar-refractivity contribution in [2.45, 2.75) is 26.7 Å². The van der Waals surface area contributed by atoms with Gasteiger partial charge in [0.15, 0.2) is 0 Å². The number of aromatic nitrogens is 1. The van der Waals surface area contributed by atoms with Gasteiger partial charge in [-0.05, 0) is 26.8 Å². The molecule has 2 nitrogen and oxygen atoms in total. The average molecular weight is 196 g/mol. The maximum atomic E-state index is 5.37. The maximum absolute atomic E-state index is 5.37. The van der Waals surface area contributed by atoms with Crippen molar-refractivity contribution in [1.82, 2.24) is 4.98 Å². The van der Waals surface area contributed by atoms with Crippen LogP contribution in [0, 0.1) is 13.8 Å². The molecule has 13 heavy (non-hydrogen) atoms. The predicted molar refractivity (Wildman–Crippen MR) is 58.1 cm³/mol. The van der Waals surface area contributed by atoms with Gasteiger partial charge in [-0.25, -0.2) is 4.98 Å². The molecule has 0 bridgehead atoms. The van der Waals surface area contributed by atoms with Crippen LogP contribution < -0.4 is 5.73 Å². The fourth-order valence-electron chi connectivity index (χ4n) is 1.02. The van der Waals surface area contributed by atoms with E-state index in [2.05, 4.69) is 31.0 Å². The first kappa shape index (κ1) is 10.4. The molecule has 0 spiro atoms. The number of rotatable bonds is 4. The summed E-state index contributed by atoms with van der Waals surface area (Å²) in [5, 5.41) is 1.20. The van der Waals surface area contributed by atoms with Crippen LogP contribution in [-0.2, 0) is 6.42 Å². The lowest BCUT2D eigenvalue weighted by Crippen LogP contribution is -1.95. The van der Waals surface area contributed by atoms with Gasteiger partial charge in [0.05, 0.1) is 10.7 Å². The Morgan fingerprint density at radius 2 is 2.15 bits per heavy atom. The SMILES string of the molecule is Cc1nc(CC=CCCN)sc1C. The van der Waals surface area contributed by atoms with Crippen LogP contribution in [0.25, 0.3) is 0 Å². The Kier molecular flexibility index (Phi) is 4.12. The van der Waals surface area contributed by atoms with E-state index in [0.29, 0.717) is 0 Å². The highest BCUT2D eigenvalue weighted by molar-refractivity contribution is 7.11. The van der Waals surface area contributed by atoms with Gasteiger partial charge in [-0.15, -0.1) is 11.3 Å². The molecule has 0 saturated carbocycles. The number of thiazole rings is 1. The molecule has 2 N–H and O–H groups in total. The van der Waals surface area contributed by atoms with E-state index in [1.807, 2.05) is 0 Å². The quantitative estimate of drug-likeness (QED) is 0.750. The van der Waals surface area contributed by atoms with Crippen LogP contribution in [0.15, 0.2) is 12.2 Å². The summed E-state index contributed by atoms with van der Waals surface area (Å²) in [5.41, 5.74) is 6.53. The van der Waals surface area contributed by atoms with E-state index < -0.39 is 0 Å². The molecule has 0 aromatic carbocycles. The van der Waals surface area contributed by atoms with Crippen LogP contribution in [0.3, 0.4) is 0 Å². The van der Waals surface area contributed by atoms with Crippen molar-refractivity contribution < 1.29 is 0 Å². The third-order valence-corrected chi connectivity index (χ3v) is 2.96.